The molecule has 0 aliphatic rings. The normalized spacial score (nSPS) is 11.6. The van der Waals surface area contributed by atoms with E-state index in [1.54, 1.807) is 0 Å². The number of benzene rings is 9. The van der Waals surface area contributed by atoms with E-state index in [1.807, 2.05) is 0 Å². The maximum atomic E-state index is 2.40. The second kappa shape index (κ2) is 13.0. The first-order chi connectivity index (χ1) is 27.3. The molecule has 3 heteroatoms. The first-order valence-electron chi connectivity index (χ1n) is 18.8. The van der Waals surface area contributed by atoms with Crippen LogP contribution >= 0.6 is 0 Å². The molecule has 0 saturated heterocycles. The molecule has 0 fully saturated rings. The third-order valence-corrected chi connectivity index (χ3v) is 13.4. The zero-order chi connectivity index (χ0) is 36.3. The Kier molecular flexibility index (Phi) is 7.55. The summed E-state index contributed by atoms with van der Waals surface area (Å²) in [6, 6.07) is 75.6. The summed E-state index contributed by atoms with van der Waals surface area (Å²) < 4.78 is 5.32. The summed E-state index contributed by atoms with van der Waals surface area (Å²) >= 11 is 0.373. The maximum absolute atomic E-state index is 2.40. The zero-order valence-electron chi connectivity index (χ0n) is 29.9. The second-order valence-electron chi connectivity index (χ2n) is 14.2. The molecule has 11 rings (SSSR count). The minimum atomic E-state index is 0.373. The fraction of sp³-hybridized carbons (Fsp3) is 0. The van der Waals surface area contributed by atoms with E-state index < -0.39 is 0 Å². The van der Waals surface area contributed by atoms with Crippen LogP contribution in [0.25, 0.3) is 79.8 Å². The molecule has 2 aromatic heterocycles. The molecule has 0 amide bonds. The van der Waals surface area contributed by atoms with Gasteiger partial charge in [-0.05, 0) is 41.5 Å². The fourth-order valence-corrected chi connectivity index (χ4v) is 10.6. The average molecular weight is 766 g/mol. The van der Waals surface area contributed by atoms with Gasteiger partial charge in [-0.25, -0.2) is 0 Å². The van der Waals surface area contributed by atoms with Crippen molar-refractivity contribution in [2.75, 3.05) is 4.90 Å². The predicted octanol–water partition coefficient (Wildman–Crippen LogP) is 14.1. The van der Waals surface area contributed by atoms with Gasteiger partial charge >= 0.3 is 187 Å². The van der Waals surface area contributed by atoms with Crippen molar-refractivity contribution in [2.45, 2.75) is 0 Å². The average Bonchev–Trinajstić information content (AvgIpc) is 3.80. The van der Waals surface area contributed by atoms with Gasteiger partial charge in [0.1, 0.15) is 0 Å². The van der Waals surface area contributed by atoms with Crippen molar-refractivity contribution in [3.8, 4) is 27.9 Å². The van der Waals surface area contributed by atoms with Gasteiger partial charge in [0.15, 0.2) is 0 Å². The number of anilines is 3. The van der Waals surface area contributed by atoms with Crippen LogP contribution in [0.5, 0.6) is 0 Å². The number of fused-ring (bicyclic) bond motifs is 7. The number of para-hydroxylation sites is 2. The van der Waals surface area contributed by atoms with Gasteiger partial charge in [-0.2, -0.15) is 0 Å². The molecule has 0 radical (unpaired) electrons. The Morgan fingerprint density at radius 2 is 0.891 bits per heavy atom. The summed E-state index contributed by atoms with van der Waals surface area (Å²) in [6.07, 6.45) is 0. The van der Waals surface area contributed by atoms with Crippen LogP contribution in [0.15, 0.2) is 206 Å². The van der Waals surface area contributed by atoms with Crippen LogP contribution in [0, 0.1) is 0 Å². The van der Waals surface area contributed by atoms with Crippen LogP contribution in [-0.2, 0) is 0 Å². The van der Waals surface area contributed by atoms with Crippen LogP contribution in [0.2, 0.25) is 0 Å². The van der Waals surface area contributed by atoms with E-state index in [1.165, 1.54) is 79.8 Å². The monoisotopic (exact) mass is 766 g/mol. The topological polar surface area (TPSA) is 8.17 Å². The Morgan fingerprint density at radius 1 is 0.345 bits per heavy atom. The minimum Gasteiger partial charge on any atom is -0.0602 e. The molecular formula is C52H34N2Se. The molecule has 2 nitrogen and oxygen atoms in total. The van der Waals surface area contributed by atoms with Gasteiger partial charge in [0.2, 0.25) is 0 Å². The number of rotatable bonds is 6. The molecule has 0 aliphatic heterocycles. The van der Waals surface area contributed by atoms with E-state index in [9.17, 15) is 0 Å². The van der Waals surface area contributed by atoms with Crippen LogP contribution in [-0.4, -0.2) is 19.1 Å². The molecule has 0 N–H and O–H groups in total. The summed E-state index contributed by atoms with van der Waals surface area (Å²) in [5, 5.41) is 7.73. The number of aromatic nitrogens is 1. The van der Waals surface area contributed by atoms with Gasteiger partial charge < -0.3 is 4.57 Å². The summed E-state index contributed by atoms with van der Waals surface area (Å²) in [5.41, 5.74) is 11.9. The molecule has 0 saturated carbocycles. The van der Waals surface area contributed by atoms with Crippen molar-refractivity contribution in [2.24, 2.45) is 0 Å². The SMILES string of the molecule is c1ccc(-n2c3ccccc3c3cc(-c4ccc(N(c5ccc(-c6ccc7[se]c8ccccc8c7c6)cc5)c5cccc6ccccc56)cc4)ccc32)cc1. The Hall–Kier alpha value is -6.64. The van der Waals surface area contributed by atoms with Crippen molar-refractivity contribution in [1.29, 1.82) is 0 Å². The van der Waals surface area contributed by atoms with Gasteiger partial charge in [0, 0.05) is 16.5 Å². The van der Waals surface area contributed by atoms with Gasteiger partial charge in [-0.15, -0.1) is 0 Å². The third kappa shape index (κ3) is 5.40. The van der Waals surface area contributed by atoms with E-state index in [4.69, 9.17) is 0 Å². The number of nitrogens with zero attached hydrogens (tertiary/aromatic N) is 2. The molecule has 0 unspecified atom stereocenters. The van der Waals surface area contributed by atoms with Crippen LogP contribution < -0.4 is 4.90 Å². The third-order valence-electron chi connectivity index (χ3n) is 11.0. The van der Waals surface area contributed by atoms with Crippen molar-refractivity contribution in [3.05, 3.63) is 206 Å². The second-order valence-corrected chi connectivity index (χ2v) is 16.4. The molecule has 258 valence electrons. The van der Waals surface area contributed by atoms with Gasteiger partial charge in [0.25, 0.3) is 0 Å². The van der Waals surface area contributed by atoms with Crippen molar-refractivity contribution in [3.63, 3.8) is 0 Å². The number of hydrogen-bond acceptors (Lipinski definition) is 1. The van der Waals surface area contributed by atoms with Crippen LogP contribution in [0.3, 0.4) is 0 Å². The van der Waals surface area contributed by atoms with E-state index in [2.05, 4.69) is 216 Å². The standard InChI is InChI=1S/C52H34N2Se/c1-2-13-40(14-3-1)54-49-18-8-6-16-44(49)46-33-38(25-31-50(46)54)35-21-27-41(28-22-35)53(48-19-10-12-37-11-4-5-15-43(37)48)42-29-23-36(24-30-42)39-26-32-52-47(34-39)45-17-7-9-20-51(45)55-52/h1-34H. The van der Waals surface area contributed by atoms with Crippen LogP contribution in [0.4, 0.5) is 17.1 Å². The quantitative estimate of drug-likeness (QED) is 0.153. The smallest absolute Gasteiger partial charge is 0.0602 e. The molecular weight excluding hydrogens is 732 g/mol. The van der Waals surface area contributed by atoms with E-state index >= 15 is 0 Å². The summed E-state index contributed by atoms with van der Waals surface area (Å²) in [6.45, 7) is 0. The first-order valence-corrected chi connectivity index (χ1v) is 20.5. The molecule has 2 heterocycles. The number of hydrogen-bond donors (Lipinski definition) is 0. The van der Waals surface area contributed by atoms with Gasteiger partial charge in [0.05, 0.1) is 11.0 Å². The van der Waals surface area contributed by atoms with Crippen molar-refractivity contribution < 1.29 is 0 Å². The zero-order valence-corrected chi connectivity index (χ0v) is 31.6. The minimum absolute atomic E-state index is 0.373. The van der Waals surface area contributed by atoms with Crippen molar-refractivity contribution >= 4 is 83.4 Å². The summed E-state index contributed by atoms with van der Waals surface area (Å²) in [5.74, 6) is 0. The van der Waals surface area contributed by atoms with Gasteiger partial charge in [-0.1, -0.05) is 66.7 Å². The molecule has 0 spiro atoms. The summed E-state index contributed by atoms with van der Waals surface area (Å²) in [7, 11) is 0. The molecule has 9 aromatic carbocycles. The summed E-state index contributed by atoms with van der Waals surface area (Å²) in [4.78, 5) is 2.40. The Morgan fingerprint density at radius 3 is 1.65 bits per heavy atom. The Balaban J connectivity index is 0.995. The Bertz CT molecular complexity index is 3180. The molecule has 0 bridgehead atoms. The first kappa shape index (κ1) is 31.8. The molecule has 0 aliphatic carbocycles. The van der Waals surface area contributed by atoms with Crippen molar-refractivity contribution in [1.82, 2.24) is 4.57 Å². The molecule has 55 heavy (non-hydrogen) atoms. The Labute approximate surface area is 325 Å². The van der Waals surface area contributed by atoms with E-state index in [0.29, 0.717) is 14.5 Å². The van der Waals surface area contributed by atoms with Gasteiger partial charge in [-0.3, -0.25) is 0 Å². The fourth-order valence-electron chi connectivity index (χ4n) is 8.35. The van der Waals surface area contributed by atoms with E-state index in [-0.39, 0.29) is 0 Å². The van der Waals surface area contributed by atoms with E-state index in [0.717, 1.165) is 17.1 Å². The van der Waals surface area contributed by atoms with Crippen LogP contribution in [0.1, 0.15) is 0 Å². The molecule has 0 atom stereocenters. The predicted molar refractivity (Wildman–Crippen MR) is 236 cm³/mol. The molecule has 11 aromatic rings.